The summed E-state index contributed by atoms with van der Waals surface area (Å²) in [5.74, 6) is 3.57. The topological polar surface area (TPSA) is 66.0 Å². The Hall–Kier alpha value is -1.38. The first-order valence-electron chi connectivity index (χ1n) is 7.10. The van der Waals surface area contributed by atoms with Gasteiger partial charge in [0, 0.05) is 31.6 Å². The lowest BCUT2D eigenvalue weighted by atomic mass is 10.3. The van der Waals surface area contributed by atoms with Crippen LogP contribution in [0.4, 0.5) is 11.6 Å². The first-order valence-corrected chi connectivity index (χ1v) is 8.99. The molecule has 2 heterocycles. The maximum absolute atomic E-state index is 4.67. The van der Waals surface area contributed by atoms with E-state index in [0.29, 0.717) is 0 Å². The average molecular weight is 339 g/mol. The van der Waals surface area contributed by atoms with Crippen molar-refractivity contribution in [3.8, 4) is 0 Å². The number of nitrogens with one attached hydrogen (secondary N) is 2. The lowest BCUT2D eigenvalue weighted by Gasteiger charge is -2.10. The molecule has 2 rings (SSSR count). The first-order chi connectivity index (χ1) is 10.7. The van der Waals surface area contributed by atoms with Gasteiger partial charge in [-0.25, -0.2) is 0 Å². The van der Waals surface area contributed by atoms with Crippen molar-refractivity contribution in [2.24, 2.45) is 0 Å². The molecule has 0 amide bonds. The molecule has 0 saturated carbocycles. The Balaban J connectivity index is 1.70. The van der Waals surface area contributed by atoms with Gasteiger partial charge in [-0.05, 0) is 26.2 Å². The van der Waals surface area contributed by atoms with E-state index >= 15 is 0 Å². The minimum Gasteiger partial charge on any atom is -0.369 e. The molecule has 0 aromatic carbocycles. The van der Waals surface area contributed by atoms with Crippen molar-refractivity contribution in [1.29, 1.82) is 0 Å². The quantitative estimate of drug-likeness (QED) is 0.681. The fourth-order valence-electron chi connectivity index (χ4n) is 1.91. The standard InChI is InChI=1S/C14H22N6S2/c1-15-13-14(19-22-18-13)16-7-8-21-10-12-6-4-5-11(17-12)9-20(2)3/h4-6H,7-10H2,1-3H3,(H,15,18)(H,16,19). The van der Waals surface area contributed by atoms with Crippen molar-refractivity contribution >= 4 is 35.1 Å². The Morgan fingerprint density at radius 2 is 1.95 bits per heavy atom. The summed E-state index contributed by atoms with van der Waals surface area (Å²) < 4.78 is 8.36. The number of hydrogen-bond donors (Lipinski definition) is 2. The number of anilines is 2. The molecule has 0 aliphatic rings. The zero-order chi connectivity index (χ0) is 15.8. The normalized spacial score (nSPS) is 10.9. The highest BCUT2D eigenvalue weighted by Gasteiger charge is 2.05. The van der Waals surface area contributed by atoms with Crippen molar-refractivity contribution in [3.63, 3.8) is 0 Å². The van der Waals surface area contributed by atoms with Crippen molar-refractivity contribution in [1.82, 2.24) is 18.6 Å². The van der Waals surface area contributed by atoms with E-state index < -0.39 is 0 Å². The molecule has 0 unspecified atom stereocenters. The molecule has 0 saturated heterocycles. The minimum atomic E-state index is 0.813. The van der Waals surface area contributed by atoms with E-state index in [4.69, 9.17) is 0 Å². The summed E-state index contributed by atoms with van der Waals surface area (Å²) in [6, 6.07) is 6.24. The number of nitrogens with zero attached hydrogens (tertiary/aromatic N) is 4. The second-order valence-corrected chi connectivity index (χ2v) is 6.68. The van der Waals surface area contributed by atoms with Crippen molar-refractivity contribution in [2.75, 3.05) is 44.1 Å². The molecule has 120 valence electrons. The van der Waals surface area contributed by atoms with E-state index in [0.717, 1.165) is 47.6 Å². The summed E-state index contributed by atoms with van der Waals surface area (Å²) in [5, 5.41) is 6.31. The highest BCUT2D eigenvalue weighted by Crippen LogP contribution is 2.17. The maximum atomic E-state index is 4.67. The monoisotopic (exact) mass is 338 g/mol. The summed E-state index contributed by atoms with van der Waals surface area (Å²) in [6.45, 7) is 1.74. The van der Waals surface area contributed by atoms with Crippen LogP contribution in [0.15, 0.2) is 18.2 Å². The van der Waals surface area contributed by atoms with Gasteiger partial charge >= 0.3 is 0 Å². The molecule has 2 aromatic heterocycles. The lowest BCUT2D eigenvalue weighted by molar-refractivity contribution is 0.396. The van der Waals surface area contributed by atoms with Crippen LogP contribution in [0.25, 0.3) is 0 Å². The van der Waals surface area contributed by atoms with E-state index in [-0.39, 0.29) is 0 Å². The second kappa shape index (κ2) is 8.92. The van der Waals surface area contributed by atoms with Gasteiger partial charge in [0.05, 0.1) is 23.1 Å². The van der Waals surface area contributed by atoms with Gasteiger partial charge in [-0.2, -0.15) is 20.5 Å². The third-order valence-corrected chi connectivity index (χ3v) is 4.38. The van der Waals surface area contributed by atoms with Crippen molar-refractivity contribution in [3.05, 3.63) is 29.6 Å². The summed E-state index contributed by atoms with van der Waals surface area (Å²) in [7, 11) is 5.96. The van der Waals surface area contributed by atoms with Crippen LogP contribution >= 0.6 is 23.5 Å². The number of aromatic nitrogens is 3. The zero-order valence-electron chi connectivity index (χ0n) is 13.2. The van der Waals surface area contributed by atoms with Crippen LogP contribution in [0.2, 0.25) is 0 Å². The second-order valence-electron chi connectivity index (χ2n) is 5.05. The summed E-state index contributed by atoms with van der Waals surface area (Å²) in [4.78, 5) is 6.80. The fourth-order valence-corrected chi connectivity index (χ4v) is 3.20. The highest BCUT2D eigenvalue weighted by molar-refractivity contribution is 7.98. The smallest absolute Gasteiger partial charge is 0.184 e. The van der Waals surface area contributed by atoms with Crippen LogP contribution in [0, 0.1) is 0 Å². The lowest BCUT2D eigenvalue weighted by Crippen LogP contribution is -2.12. The van der Waals surface area contributed by atoms with Gasteiger partial charge in [-0.15, -0.1) is 0 Å². The van der Waals surface area contributed by atoms with Crippen molar-refractivity contribution in [2.45, 2.75) is 12.3 Å². The molecular weight excluding hydrogens is 316 g/mol. The Kier molecular flexibility index (Phi) is 6.88. The van der Waals surface area contributed by atoms with E-state index in [9.17, 15) is 0 Å². The molecule has 0 fully saturated rings. The van der Waals surface area contributed by atoms with Gasteiger partial charge in [-0.1, -0.05) is 6.07 Å². The third kappa shape index (κ3) is 5.43. The predicted molar refractivity (Wildman–Crippen MR) is 95.7 cm³/mol. The van der Waals surface area contributed by atoms with Gasteiger partial charge in [0.25, 0.3) is 0 Å². The number of rotatable bonds is 9. The number of hydrogen-bond acceptors (Lipinski definition) is 8. The average Bonchev–Trinajstić information content (AvgIpc) is 2.94. The van der Waals surface area contributed by atoms with E-state index in [1.807, 2.05) is 18.8 Å². The van der Waals surface area contributed by atoms with E-state index in [2.05, 4.69) is 61.6 Å². The molecule has 2 N–H and O–H groups in total. The molecule has 8 heteroatoms. The third-order valence-electron chi connectivity index (χ3n) is 2.86. The van der Waals surface area contributed by atoms with E-state index in [1.165, 1.54) is 11.7 Å². The van der Waals surface area contributed by atoms with Gasteiger partial charge < -0.3 is 15.5 Å². The molecular formula is C14H22N6S2. The van der Waals surface area contributed by atoms with Crippen LogP contribution in [0.5, 0.6) is 0 Å². The van der Waals surface area contributed by atoms with Crippen LogP contribution in [0.3, 0.4) is 0 Å². The molecule has 2 aromatic rings. The van der Waals surface area contributed by atoms with E-state index in [1.54, 1.807) is 0 Å². The largest absolute Gasteiger partial charge is 0.369 e. The van der Waals surface area contributed by atoms with Crippen LogP contribution in [-0.2, 0) is 12.3 Å². The number of thioether (sulfide) groups is 1. The molecule has 22 heavy (non-hydrogen) atoms. The predicted octanol–water partition coefficient (Wildman–Crippen LogP) is 2.38. The molecule has 0 atom stereocenters. The molecule has 6 nitrogen and oxygen atoms in total. The van der Waals surface area contributed by atoms with Gasteiger partial charge in [0.1, 0.15) is 0 Å². The zero-order valence-corrected chi connectivity index (χ0v) is 14.8. The van der Waals surface area contributed by atoms with Crippen molar-refractivity contribution < 1.29 is 0 Å². The summed E-state index contributed by atoms with van der Waals surface area (Å²) >= 11 is 3.08. The molecule has 0 spiro atoms. The molecule has 0 aliphatic carbocycles. The Morgan fingerprint density at radius 1 is 1.18 bits per heavy atom. The Morgan fingerprint density at radius 3 is 2.73 bits per heavy atom. The fraction of sp³-hybridized carbons (Fsp3) is 0.500. The van der Waals surface area contributed by atoms with Crippen LogP contribution in [0.1, 0.15) is 11.4 Å². The van der Waals surface area contributed by atoms with Gasteiger partial charge in [0.2, 0.25) is 0 Å². The summed E-state index contributed by atoms with van der Waals surface area (Å²) in [6.07, 6.45) is 0. The van der Waals surface area contributed by atoms with Gasteiger partial charge in [-0.3, -0.25) is 4.98 Å². The maximum Gasteiger partial charge on any atom is 0.184 e. The minimum absolute atomic E-state index is 0.813. The molecule has 0 bridgehead atoms. The van der Waals surface area contributed by atoms with Crippen LogP contribution in [-0.4, -0.2) is 52.1 Å². The Labute approximate surface area is 140 Å². The first kappa shape index (κ1) is 17.0. The number of pyridine rings is 1. The Bertz CT molecular complexity index is 572. The molecule has 0 aliphatic heterocycles. The van der Waals surface area contributed by atoms with Crippen LogP contribution < -0.4 is 10.6 Å². The molecule has 0 radical (unpaired) electrons. The SMILES string of the molecule is CNc1nsnc1NCCSCc1cccc(CN(C)C)n1. The summed E-state index contributed by atoms with van der Waals surface area (Å²) in [5.41, 5.74) is 2.25. The van der Waals surface area contributed by atoms with Gasteiger partial charge in [0.15, 0.2) is 11.6 Å². The highest BCUT2D eigenvalue weighted by atomic mass is 32.2.